The van der Waals surface area contributed by atoms with Crippen LogP contribution >= 0.6 is 0 Å². The molecule has 0 spiro atoms. The normalized spacial score (nSPS) is 10.2. The van der Waals surface area contributed by atoms with E-state index in [1.807, 2.05) is 13.8 Å². The molecule has 1 N–H and O–H groups in total. The Hall–Kier alpha value is -1.05. The fourth-order valence-corrected chi connectivity index (χ4v) is 1.63. The quantitative estimate of drug-likeness (QED) is 0.673. The van der Waals surface area contributed by atoms with Crippen molar-refractivity contribution in [2.24, 2.45) is 4.99 Å². The predicted molar refractivity (Wildman–Crippen MR) is 58.1 cm³/mol. The zero-order chi connectivity index (χ0) is 10.0. The maximum absolute atomic E-state index is 4.54. The summed E-state index contributed by atoms with van der Waals surface area (Å²) in [5.74, 6) is 0. The zero-order valence-electron chi connectivity index (χ0n) is 9.15. The van der Waals surface area contributed by atoms with Gasteiger partial charge in [-0.05, 0) is 39.7 Å². The molecule has 2 heteroatoms. The van der Waals surface area contributed by atoms with Crippen LogP contribution in [-0.2, 0) is 6.42 Å². The van der Waals surface area contributed by atoms with Crippen molar-refractivity contribution in [3.8, 4) is 0 Å². The van der Waals surface area contributed by atoms with Gasteiger partial charge in [0.15, 0.2) is 0 Å². The highest BCUT2D eigenvalue weighted by molar-refractivity contribution is 5.83. The zero-order valence-corrected chi connectivity index (χ0v) is 9.15. The molecule has 1 aromatic rings. The molecule has 0 saturated heterocycles. The molecule has 0 unspecified atom stereocenters. The number of hydrogen-bond donors (Lipinski definition) is 1. The van der Waals surface area contributed by atoms with Crippen LogP contribution < -0.4 is 0 Å². The molecule has 0 aliphatic carbocycles. The van der Waals surface area contributed by atoms with Crippen LogP contribution in [0.2, 0.25) is 0 Å². The third kappa shape index (κ3) is 2.00. The van der Waals surface area contributed by atoms with E-state index in [4.69, 9.17) is 0 Å². The second-order valence-electron chi connectivity index (χ2n) is 3.61. The second-order valence-corrected chi connectivity index (χ2v) is 3.61. The third-order valence-corrected chi connectivity index (χ3v) is 2.16. The molecule has 0 radical (unpaired) electrons. The summed E-state index contributed by atoms with van der Waals surface area (Å²) in [4.78, 5) is 7.86. The standard InChI is InChI=1S/C11H18N2/c1-6-10-8(4)13-9(5)11(10)12-7(2)3/h13H,6H2,1-5H3. The van der Waals surface area contributed by atoms with Crippen molar-refractivity contribution < 1.29 is 0 Å². The Morgan fingerprint density at radius 2 is 1.85 bits per heavy atom. The summed E-state index contributed by atoms with van der Waals surface area (Å²) in [7, 11) is 0. The molecule has 2 nitrogen and oxygen atoms in total. The van der Waals surface area contributed by atoms with Crippen LogP contribution in [0.4, 0.5) is 5.69 Å². The Balaban J connectivity index is 3.25. The lowest BCUT2D eigenvalue weighted by molar-refractivity contribution is 1.09. The van der Waals surface area contributed by atoms with Crippen LogP contribution in [-0.4, -0.2) is 10.7 Å². The fraction of sp³-hybridized carbons (Fsp3) is 0.545. The van der Waals surface area contributed by atoms with Gasteiger partial charge in [-0.25, -0.2) is 0 Å². The maximum atomic E-state index is 4.54. The molecule has 1 heterocycles. The SMILES string of the molecule is CCc1c(C)[nH]c(C)c1N=C(C)C. The van der Waals surface area contributed by atoms with E-state index in [1.165, 1.54) is 17.0 Å². The number of nitrogens with zero attached hydrogens (tertiary/aromatic N) is 1. The lowest BCUT2D eigenvalue weighted by Gasteiger charge is -1.98. The number of aryl methyl sites for hydroxylation is 2. The molecular weight excluding hydrogens is 160 g/mol. The Bertz CT molecular complexity index is 328. The summed E-state index contributed by atoms with van der Waals surface area (Å²) in [5.41, 5.74) is 6.02. The average molecular weight is 178 g/mol. The van der Waals surface area contributed by atoms with E-state index in [-0.39, 0.29) is 0 Å². The molecule has 13 heavy (non-hydrogen) atoms. The van der Waals surface area contributed by atoms with Gasteiger partial charge in [-0.3, -0.25) is 4.99 Å². The molecule has 0 aliphatic rings. The van der Waals surface area contributed by atoms with Crippen molar-refractivity contribution in [3.63, 3.8) is 0 Å². The molecular formula is C11H18N2. The van der Waals surface area contributed by atoms with Gasteiger partial charge in [-0.1, -0.05) is 6.92 Å². The number of nitrogens with one attached hydrogen (secondary N) is 1. The number of H-pyrrole nitrogens is 1. The Morgan fingerprint density at radius 1 is 1.23 bits per heavy atom. The van der Waals surface area contributed by atoms with Crippen molar-refractivity contribution in [2.45, 2.75) is 41.0 Å². The Labute approximate surface area is 80.1 Å². The van der Waals surface area contributed by atoms with Crippen molar-refractivity contribution in [3.05, 3.63) is 17.0 Å². The highest BCUT2D eigenvalue weighted by atomic mass is 14.8. The van der Waals surface area contributed by atoms with Gasteiger partial charge in [0.1, 0.15) is 0 Å². The highest BCUT2D eigenvalue weighted by Crippen LogP contribution is 2.27. The molecule has 1 aromatic heterocycles. The van der Waals surface area contributed by atoms with E-state index in [2.05, 4.69) is 30.7 Å². The first kappa shape index (κ1) is 10.0. The third-order valence-electron chi connectivity index (χ3n) is 2.16. The molecule has 0 saturated carbocycles. The van der Waals surface area contributed by atoms with Gasteiger partial charge in [0.25, 0.3) is 0 Å². The van der Waals surface area contributed by atoms with Crippen LogP contribution in [0.5, 0.6) is 0 Å². The molecule has 0 atom stereocenters. The number of rotatable bonds is 2. The lowest BCUT2D eigenvalue weighted by atomic mass is 10.1. The van der Waals surface area contributed by atoms with Crippen LogP contribution in [0.3, 0.4) is 0 Å². The van der Waals surface area contributed by atoms with Crippen molar-refractivity contribution in [1.29, 1.82) is 0 Å². The first-order chi connectivity index (χ1) is 6.06. The summed E-state index contributed by atoms with van der Waals surface area (Å²) in [6.07, 6.45) is 1.04. The maximum Gasteiger partial charge on any atom is 0.0867 e. The van der Waals surface area contributed by atoms with Crippen LogP contribution in [0.1, 0.15) is 37.7 Å². The van der Waals surface area contributed by atoms with Gasteiger partial charge in [-0.15, -0.1) is 0 Å². The Kier molecular flexibility index (Phi) is 2.91. The summed E-state index contributed by atoms with van der Waals surface area (Å²) >= 11 is 0. The lowest BCUT2D eigenvalue weighted by Crippen LogP contribution is -1.83. The van der Waals surface area contributed by atoms with Gasteiger partial charge >= 0.3 is 0 Å². The van der Waals surface area contributed by atoms with Gasteiger partial charge in [0, 0.05) is 17.1 Å². The van der Waals surface area contributed by atoms with E-state index in [0.29, 0.717) is 0 Å². The van der Waals surface area contributed by atoms with E-state index in [1.54, 1.807) is 0 Å². The first-order valence-electron chi connectivity index (χ1n) is 4.76. The summed E-state index contributed by atoms with van der Waals surface area (Å²) in [6, 6.07) is 0. The minimum absolute atomic E-state index is 1.04. The van der Waals surface area contributed by atoms with Crippen LogP contribution in [0, 0.1) is 13.8 Å². The molecule has 0 bridgehead atoms. The van der Waals surface area contributed by atoms with Gasteiger partial charge in [-0.2, -0.15) is 0 Å². The topological polar surface area (TPSA) is 28.1 Å². The highest BCUT2D eigenvalue weighted by Gasteiger charge is 2.08. The van der Waals surface area contributed by atoms with Crippen LogP contribution in [0.15, 0.2) is 4.99 Å². The average Bonchev–Trinajstić information content (AvgIpc) is 2.26. The fourth-order valence-electron chi connectivity index (χ4n) is 1.63. The predicted octanol–water partition coefficient (Wildman–Crippen LogP) is 3.31. The molecule has 0 aromatic carbocycles. The number of hydrogen-bond acceptors (Lipinski definition) is 1. The van der Waals surface area contributed by atoms with Gasteiger partial charge < -0.3 is 4.98 Å². The smallest absolute Gasteiger partial charge is 0.0867 e. The summed E-state index contributed by atoms with van der Waals surface area (Å²) in [5, 5.41) is 0. The number of aromatic amines is 1. The van der Waals surface area contributed by atoms with E-state index < -0.39 is 0 Å². The summed E-state index contributed by atoms with van der Waals surface area (Å²) in [6.45, 7) is 10.4. The van der Waals surface area contributed by atoms with Gasteiger partial charge in [0.05, 0.1) is 5.69 Å². The second kappa shape index (κ2) is 3.77. The van der Waals surface area contributed by atoms with E-state index >= 15 is 0 Å². The van der Waals surface area contributed by atoms with Crippen molar-refractivity contribution >= 4 is 11.4 Å². The molecule has 1 rings (SSSR count). The largest absolute Gasteiger partial charge is 0.361 e. The molecule has 0 fully saturated rings. The van der Waals surface area contributed by atoms with Crippen molar-refractivity contribution in [1.82, 2.24) is 4.98 Å². The van der Waals surface area contributed by atoms with E-state index in [9.17, 15) is 0 Å². The molecule has 0 aliphatic heterocycles. The monoisotopic (exact) mass is 178 g/mol. The summed E-state index contributed by atoms with van der Waals surface area (Å²) < 4.78 is 0. The molecule has 0 amide bonds. The molecule has 72 valence electrons. The van der Waals surface area contributed by atoms with Gasteiger partial charge in [0.2, 0.25) is 0 Å². The Morgan fingerprint density at radius 3 is 2.31 bits per heavy atom. The minimum Gasteiger partial charge on any atom is -0.361 e. The number of aliphatic imine (C=N–C) groups is 1. The van der Waals surface area contributed by atoms with E-state index in [0.717, 1.165) is 17.8 Å². The minimum atomic E-state index is 1.04. The first-order valence-corrected chi connectivity index (χ1v) is 4.76. The van der Waals surface area contributed by atoms with Crippen molar-refractivity contribution in [2.75, 3.05) is 0 Å². The van der Waals surface area contributed by atoms with Crippen LogP contribution in [0.25, 0.3) is 0 Å². The number of aromatic nitrogens is 1.